The van der Waals surface area contributed by atoms with E-state index in [1.807, 2.05) is 31.2 Å². The molecule has 1 N–H and O–H groups in total. The maximum atomic E-state index is 13.1. The molecule has 0 radical (unpaired) electrons. The molecule has 2 aromatic rings. The molecule has 0 aliphatic rings. The Hall–Kier alpha value is -2.25. The Morgan fingerprint density at radius 1 is 1.07 bits per heavy atom. The third kappa shape index (κ3) is 5.87. The zero-order chi connectivity index (χ0) is 21.6. The minimum absolute atomic E-state index is 0.242. The number of sulfonamides is 1. The van der Waals surface area contributed by atoms with Crippen molar-refractivity contribution in [3.05, 3.63) is 59.1 Å². The average molecular weight is 439 g/mol. The van der Waals surface area contributed by atoms with Crippen LogP contribution in [0.4, 0.5) is 5.69 Å². The second-order valence-corrected chi connectivity index (χ2v) is 9.00. The van der Waals surface area contributed by atoms with Crippen LogP contribution in [0.15, 0.2) is 48.5 Å². The molecule has 0 heterocycles. The highest BCUT2D eigenvalue weighted by Gasteiger charge is 2.32. The highest BCUT2D eigenvalue weighted by molar-refractivity contribution is 7.92. The van der Waals surface area contributed by atoms with Crippen LogP contribution in [-0.2, 0) is 14.8 Å². The summed E-state index contributed by atoms with van der Waals surface area (Å²) in [5, 5.41) is 3.48. The Morgan fingerprint density at radius 2 is 1.66 bits per heavy atom. The third-order valence-corrected chi connectivity index (χ3v) is 6.09. The quantitative estimate of drug-likeness (QED) is 0.637. The molecule has 0 aliphatic carbocycles. The number of carbonyl (C=O) groups is 1. The van der Waals surface area contributed by atoms with Gasteiger partial charge in [0, 0.05) is 5.02 Å². The van der Waals surface area contributed by atoms with Crippen molar-refractivity contribution in [1.82, 2.24) is 5.32 Å². The summed E-state index contributed by atoms with van der Waals surface area (Å²) in [7, 11) is -2.10. The van der Waals surface area contributed by atoms with E-state index in [0.717, 1.165) is 21.9 Å². The van der Waals surface area contributed by atoms with Crippen molar-refractivity contribution >= 4 is 33.2 Å². The van der Waals surface area contributed by atoms with Crippen molar-refractivity contribution < 1.29 is 17.9 Å². The normalized spacial score (nSPS) is 13.4. The van der Waals surface area contributed by atoms with Gasteiger partial charge in [0.25, 0.3) is 0 Å². The highest BCUT2D eigenvalue weighted by atomic mass is 35.5. The van der Waals surface area contributed by atoms with Crippen molar-refractivity contribution in [3.63, 3.8) is 0 Å². The largest absolute Gasteiger partial charge is 0.497 e. The van der Waals surface area contributed by atoms with Crippen LogP contribution in [0.1, 0.15) is 38.3 Å². The van der Waals surface area contributed by atoms with Crippen LogP contribution in [0.5, 0.6) is 5.75 Å². The van der Waals surface area contributed by atoms with Gasteiger partial charge in [-0.25, -0.2) is 8.42 Å². The SMILES string of the molecule is CCC(NC(=O)C(CC)N(c1ccc(Cl)cc1)S(C)(=O)=O)c1ccc(OC)cc1. The Bertz CT molecular complexity index is 915. The molecule has 1 amide bonds. The molecule has 2 rings (SSSR count). The number of carbonyl (C=O) groups excluding carboxylic acids is 1. The molecule has 2 unspecified atom stereocenters. The smallest absolute Gasteiger partial charge is 0.244 e. The standard InChI is InChI=1S/C21H27ClN2O4S/c1-5-19(15-7-13-18(28-3)14-8-15)23-21(25)20(6-2)24(29(4,26)27)17-11-9-16(22)10-12-17/h7-14,19-20H,5-6H2,1-4H3,(H,23,25). The molecule has 0 saturated carbocycles. The van der Waals surface area contributed by atoms with E-state index in [1.165, 1.54) is 0 Å². The molecule has 0 saturated heterocycles. The fraction of sp³-hybridized carbons (Fsp3) is 0.381. The van der Waals surface area contributed by atoms with E-state index in [9.17, 15) is 13.2 Å². The number of nitrogens with one attached hydrogen (secondary N) is 1. The Balaban J connectivity index is 2.30. The van der Waals surface area contributed by atoms with Crippen LogP contribution in [0.3, 0.4) is 0 Å². The second kappa shape index (κ2) is 9.98. The number of nitrogens with zero attached hydrogens (tertiary/aromatic N) is 1. The van der Waals surface area contributed by atoms with Gasteiger partial charge in [0.1, 0.15) is 11.8 Å². The van der Waals surface area contributed by atoms with Crippen molar-refractivity contribution in [2.45, 2.75) is 38.8 Å². The number of halogens is 1. The third-order valence-electron chi connectivity index (χ3n) is 4.65. The maximum absolute atomic E-state index is 13.1. The van der Waals surface area contributed by atoms with Gasteiger partial charge in [-0.3, -0.25) is 9.10 Å². The zero-order valence-electron chi connectivity index (χ0n) is 17.1. The van der Waals surface area contributed by atoms with Gasteiger partial charge in [0.15, 0.2) is 0 Å². The van der Waals surface area contributed by atoms with Gasteiger partial charge in [0.2, 0.25) is 15.9 Å². The van der Waals surface area contributed by atoms with Crippen LogP contribution in [-0.4, -0.2) is 33.7 Å². The van der Waals surface area contributed by atoms with Gasteiger partial charge in [-0.15, -0.1) is 0 Å². The molecule has 0 bridgehead atoms. The molecule has 2 atom stereocenters. The van der Waals surface area contributed by atoms with Gasteiger partial charge >= 0.3 is 0 Å². The summed E-state index contributed by atoms with van der Waals surface area (Å²) < 4.78 is 31.4. The summed E-state index contributed by atoms with van der Waals surface area (Å²) in [6.07, 6.45) is 2.08. The van der Waals surface area contributed by atoms with Crippen LogP contribution in [0.2, 0.25) is 5.02 Å². The predicted octanol–water partition coefficient (Wildman–Crippen LogP) is 4.16. The van der Waals surface area contributed by atoms with Gasteiger partial charge in [-0.05, 0) is 54.8 Å². The van der Waals surface area contributed by atoms with E-state index < -0.39 is 16.1 Å². The van der Waals surface area contributed by atoms with E-state index in [-0.39, 0.29) is 11.9 Å². The average Bonchev–Trinajstić information content (AvgIpc) is 2.70. The minimum atomic E-state index is -3.69. The van der Waals surface area contributed by atoms with E-state index in [2.05, 4.69) is 5.32 Å². The van der Waals surface area contributed by atoms with Crippen LogP contribution >= 0.6 is 11.6 Å². The first-order chi connectivity index (χ1) is 13.7. The Labute approximate surface area is 177 Å². The molecule has 0 fully saturated rings. The number of rotatable bonds is 9. The minimum Gasteiger partial charge on any atom is -0.497 e. The van der Waals surface area contributed by atoms with E-state index >= 15 is 0 Å². The lowest BCUT2D eigenvalue weighted by Crippen LogP contribution is -2.50. The monoisotopic (exact) mass is 438 g/mol. The van der Waals surface area contributed by atoms with E-state index in [1.54, 1.807) is 38.3 Å². The zero-order valence-corrected chi connectivity index (χ0v) is 18.6. The predicted molar refractivity (Wildman–Crippen MR) is 117 cm³/mol. The summed E-state index contributed by atoms with van der Waals surface area (Å²) in [5.74, 6) is 0.378. The van der Waals surface area contributed by atoms with E-state index in [4.69, 9.17) is 16.3 Å². The number of hydrogen-bond acceptors (Lipinski definition) is 4. The summed E-state index contributed by atoms with van der Waals surface area (Å²) in [6.45, 7) is 3.75. The first-order valence-corrected chi connectivity index (χ1v) is 11.6. The number of anilines is 1. The number of benzene rings is 2. The van der Waals surface area contributed by atoms with Crippen LogP contribution in [0.25, 0.3) is 0 Å². The first kappa shape index (κ1) is 23.0. The summed E-state index contributed by atoms with van der Waals surface area (Å²) in [5.41, 5.74) is 1.32. The number of amides is 1. The van der Waals surface area contributed by atoms with Crippen molar-refractivity contribution in [2.75, 3.05) is 17.7 Å². The first-order valence-electron chi connectivity index (χ1n) is 9.40. The molecule has 158 valence electrons. The lowest BCUT2D eigenvalue weighted by molar-refractivity contribution is -0.123. The molecule has 8 heteroatoms. The van der Waals surface area contributed by atoms with Gasteiger partial charge in [0.05, 0.1) is 25.1 Å². The van der Waals surface area contributed by atoms with Gasteiger partial charge in [-0.1, -0.05) is 37.6 Å². The van der Waals surface area contributed by atoms with E-state index in [0.29, 0.717) is 23.6 Å². The molecular formula is C21H27ClN2O4S. The summed E-state index contributed by atoms with van der Waals surface area (Å²) in [6, 6.07) is 12.7. The second-order valence-electron chi connectivity index (χ2n) is 6.70. The Kier molecular flexibility index (Phi) is 7.93. The van der Waals surface area contributed by atoms with Crippen molar-refractivity contribution in [3.8, 4) is 5.75 Å². The van der Waals surface area contributed by atoms with Crippen molar-refractivity contribution in [2.24, 2.45) is 0 Å². The summed E-state index contributed by atoms with van der Waals surface area (Å²) >= 11 is 5.93. The Morgan fingerprint density at radius 3 is 2.10 bits per heavy atom. The molecule has 6 nitrogen and oxygen atoms in total. The van der Waals surface area contributed by atoms with Crippen molar-refractivity contribution in [1.29, 1.82) is 0 Å². The highest BCUT2D eigenvalue weighted by Crippen LogP contribution is 2.26. The van der Waals surface area contributed by atoms with Crippen LogP contribution < -0.4 is 14.4 Å². The topological polar surface area (TPSA) is 75.7 Å². The lowest BCUT2D eigenvalue weighted by Gasteiger charge is -2.31. The molecule has 29 heavy (non-hydrogen) atoms. The maximum Gasteiger partial charge on any atom is 0.244 e. The number of ether oxygens (including phenoxy) is 1. The lowest BCUT2D eigenvalue weighted by atomic mass is 10.0. The van der Waals surface area contributed by atoms with Gasteiger partial charge in [-0.2, -0.15) is 0 Å². The van der Waals surface area contributed by atoms with Crippen LogP contribution in [0, 0.1) is 0 Å². The molecule has 0 aliphatic heterocycles. The molecule has 0 aromatic heterocycles. The number of methoxy groups -OCH3 is 1. The number of hydrogen-bond donors (Lipinski definition) is 1. The van der Waals surface area contributed by atoms with Gasteiger partial charge < -0.3 is 10.1 Å². The summed E-state index contributed by atoms with van der Waals surface area (Å²) in [4.78, 5) is 13.1. The fourth-order valence-electron chi connectivity index (χ4n) is 3.17. The fourth-order valence-corrected chi connectivity index (χ4v) is 4.51. The molecule has 2 aromatic carbocycles. The molecular weight excluding hydrogens is 412 g/mol. The molecule has 0 spiro atoms.